The zero-order chi connectivity index (χ0) is 11.7. The number of methoxy groups -OCH3 is 1. The normalized spacial score (nSPS) is 10.4. The Morgan fingerprint density at radius 1 is 1.31 bits per heavy atom. The minimum atomic E-state index is -1.21. The van der Waals surface area contributed by atoms with E-state index in [1.807, 2.05) is 0 Å². The van der Waals surface area contributed by atoms with Gasteiger partial charge in [0, 0.05) is 10.8 Å². The molecule has 0 spiro atoms. The molecule has 0 aromatic heterocycles. The molecule has 0 saturated carbocycles. The third-order valence-corrected chi connectivity index (χ3v) is 2.38. The molecular weight excluding hydrogens is 211 g/mol. The summed E-state index contributed by atoms with van der Waals surface area (Å²) in [5.74, 6) is -1.58. The molecule has 0 unspecified atom stereocenters. The first kappa shape index (κ1) is 10.4. The van der Waals surface area contributed by atoms with Crippen LogP contribution in [0.4, 0.5) is 4.39 Å². The van der Waals surface area contributed by atoms with E-state index in [9.17, 15) is 9.18 Å². The summed E-state index contributed by atoms with van der Waals surface area (Å²) in [5.41, 5.74) is -0.168. The predicted octanol–water partition coefficient (Wildman–Crippen LogP) is 2.69. The maximum absolute atomic E-state index is 13.6. The summed E-state index contributed by atoms with van der Waals surface area (Å²) in [7, 11) is 1.37. The van der Waals surface area contributed by atoms with Gasteiger partial charge < -0.3 is 9.84 Å². The van der Waals surface area contributed by atoms with Gasteiger partial charge in [0.25, 0.3) is 0 Å². The van der Waals surface area contributed by atoms with E-state index in [0.29, 0.717) is 10.8 Å². The van der Waals surface area contributed by atoms with Crippen molar-refractivity contribution in [1.29, 1.82) is 0 Å². The first-order valence-electron chi connectivity index (χ1n) is 4.63. The van der Waals surface area contributed by atoms with Crippen LogP contribution in [0, 0.1) is 5.82 Å². The van der Waals surface area contributed by atoms with Crippen LogP contribution < -0.4 is 4.74 Å². The minimum absolute atomic E-state index is 0.168. The van der Waals surface area contributed by atoms with E-state index in [1.54, 1.807) is 24.3 Å². The van der Waals surface area contributed by atoms with Crippen molar-refractivity contribution in [3.8, 4) is 5.75 Å². The molecular formula is C12H9FO3. The number of aromatic carboxylic acids is 1. The zero-order valence-electron chi connectivity index (χ0n) is 8.53. The highest BCUT2D eigenvalue weighted by atomic mass is 19.1. The summed E-state index contributed by atoms with van der Waals surface area (Å²) in [6, 6.07) is 7.58. The first-order valence-corrected chi connectivity index (χ1v) is 4.63. The number of halogens is 1. The molecule has 3 nitrogen and oxygen atoms in total. The number of carbonyl (C=O) groups is 1. The standard InChI is InChI=1S/C12H9FO3/c1-16-11-8-5-3-2-4-7(8)10(13)6-9(11)12(14)15/h2-6H,1H3,(H,14,15). The van der Waals surface area contributed by atoms with E-state index >= 15 is 0 Å². The molecule has 0 aliphatic carbocycles. The number of carboxylic acids is 1. The van der Waals surface area contributed by atoms with Crippen molar-refractivity contribution in [2.24, 2.45) is 0 Å². The quantitative estimate of drug-likeness (QED) is 0.846. The van der Waals surface area contributed by atoms with E-state index in [-0.39, 0.29) is 11.3 Å². The highest BCUT2D eigenvalue weighted by Gasteiger charge is 2.17. The topological polar surface area (TPSA) is 46.5 Å². The highest BCUT2D eigenvalue weighted by molar-refractivity contribution is 6.00. The Labute approximate surface area is 91.1 Å². The molecule has 0 aliphatic rings. The van der Waals surface area contributed by atoms with Gasteiger partial charge in [-0.25, -0.2) is 9.18 Å². The van der Waals surface area contributed by atoms with Gasteiger partial charge in [-0.1, -0.05) is 24.3 Å². The molecule has 2 aromatic rings. The SMILES string of the molecule is COc1c(C(=O)O)cc(F)c2ccccc12. The number of carboxylic acid groups (broad SMARTS) is 1. The first-order chi connectivity index (χ1) is 7.65. The Bertz CT molecular complexity index is 563. The number of rotatable bonds is 2. The van der Waals surface area contributed by atoms with Gasteiger partial charge in [0.05, 0.1) is 7.11 Å². The largest absolute Gasteiger partial charge is 0.495 e. The second kappa shape index (κ2) is 3.81. The molecule has 0 amide bonds. The number of hydrogen-bond acceptors (Lipinski definition) is 2. The van der Waals surface area contributed by atoms with Crippen molar-refractivity contribution < 1.29 is 19.0 Å². The third kappa shape index (κ3) is 1.48. The van der Waals surface area contributed by atoms with Crippen LogP contribution in [0.2, 0.25) is 0 Å². The second-order valence-electron chi connectivity index (χ2n) is 3.29. The van der Waals surface area contributed by atoms with E-state index in [2.05, 4.69) is 0 Å². The van der Waals surface area contributed by atoms with Crippen molar-refractivity contribution in [2.75, 3.05) is 7.11 Å². The van der Waals surface area contributed by atoms with Crippen LogP contribution in [0.15, 0.2) is 30.3 Å². The Balaban J connectivity index is 2.90. The van der Waals surface area contributed by atoms with Crippen molar-refractivity contribution in [1.82, 2.24) is 0 Å². The van der Waals surface area contributed by atoms with Gasteiger partial charge in [-0.15, -0.1) is 0 Å². The Morgan fingerprint density at radius 3 is 2.50 bits per heavy atom. The van der Waals surface area contributed by atoms with Gasteiger partial charge in [-0.2, -0.15) is 0 Å². The average Bonchev–Trinajstić information content (AvgIpc) is 2.29. The molecule has 0 saturated heterocycles. The van der Waals surface area contributed by atoms with Crippen molar-refractivity contribution in [2.45, 2.75) is 0 Å². The van der Waals surface area contributed by atoms with Crippen LogP contribution in [0.25, 0.3) is 10.8 Å². The Hall–Kier alpha value is -2.10. The molecule has 2 rings (SSSR count). The smallest absolute Gasteiger partial charge is 0.339 e. The number of hydrogen-bond donors (Lipinski definition) is 1. The fraction of sp³-hybridized carbons (Fsp3) is 0.0833. The number of ether oxygens (including phenoxy) is 1. The molecule has 0 radical (unpaired) electrons. The van der Waals surface area contributed by atoms with Crippen LogP contribution >= 0.6 is 0 Å². The molecule has 0 bridgehead atoms. The molecule has 0 atom stereocenters. The highest BCUT2D eigenvalue weighted by Crippen LogP contribution is 2.31. The van der Waals surface area contributed by atoms with Crippen LogP contribution in [0.1, 0.15) is 10.4 Å². The molecule has 16 heavy (non-hydrogen) atoms. The average molecular weight is 220 g/mol. The van der Waals surface area contributed by atoms with Crippen molar-refractivity contribution in [3.05, 3.63) is 41.7 Å². The van der Waals surface area contributed by atoms with Gasteiger partial charge in [0.1, 0.15) is 17.1 Å². The lowest BCUT2D eigenvalue weighted by Crippen LogP contribution is -2.02. The molecule has 0 fully saturated rings. The summed E-state index contributed by atoms with van der Waals surface area (Å²) in [5, 5.41) is 9.75. The number of fused-ring (bicyclic) bond motifs is 1. The maximum Gasteiger partial charge on any atom is 0.339 e. The van der Waals surface area contributed by atoms with E-state index in [1.165, 1.54) is 7.11 Å². The van der Waals surface area contributed by atoms with Crippen LogP contribution in [0.5, 0.6) is 5.75 Å². The van der Waals surface area contributed by atoms with E-state index < -0.39 is 11.8 Å². The summed E-state index contributed by atoms with van der Waals surface area (Å²) >= 11 is 0. The molecule has 1 N–H and O–H groups in total. The monoisotopic (exact) mass is 220 g/mol. The Kier molecular flexibility index (Phi) is 2.48. The summed E-state index contributed by atoms with van der Waals surface area (Å²) < 4.78 is 18.6. The lowest BCUT2D eigenvalue weighted by atomic mass is 10.0. The summed E-state index contributed by atoms with van der Waals surface area (Å²) in [4.78, 5) is 10.9. The zero-order valence-corrected chi connectivity index (χ0v) is 8.53. The Morgan fingerprint density at radius 2 is 1.94 bits per heavy atom. The lowest BCUT2D eigenvalue weighted by molar-refractivity contribution is 0.0693. The van der Waals surface area contributed by atoms with Gasteiger partial charge in [-0.05, 0) is 6.07 Å². The fourth-order valence-electron chi connectivity index (χ4n) is 1.68. The van der Waals surface area contributed by atoms with Gasteiger partial charge in [0.15, 0.2) is 0 Å². The van der Waals surface area contributed by atoms with E-state index in [0.717, 1.165) is 6.07 Å². The molecule has 82 valence electrons. The molecule has 0 aliphatic heterocycles. The lowest BCUT2D eigenvalue weighted by Gasteiger charge is -2.09. The molecule has 2 aromatic carbocycles. The van der Waals surface area contributed by atoms with E-state index in [4.69, 9.17) is 9.84 Å². The number of benzene rings is 2. The van der Waals surface area contributed by atoms with Crippen LogP contribution in [-0.2, 0) is 0 Å². The minimum Gasteiger partial charge on any atom is -0.495 e. The van der Waals surface area contributed by atoms with Crippen LogP contribution in [-0.4, -0.2) is 18.2 Å². The predicted molar refractivity (Wildman–Crippen MR) is 57.4 cm³/mol. The third-order valence-electron chi connectivity index (χ3n) is 2.38. The maximum atomic E-state index is 13.6. The molecule has 4 heteroatoms. The van der Waals surface area contributed by atoms with Crippen molar-refractivity contribution in [3.63, 3.8) is 0 Å². The van der Waals surface area contributed by atoms with Crippen molar-refractivity contribution >= 4 is 16.7 Å². The van der Waals surface area contributed by atoms with Gasteiger partial charge >= 0.3 is 5.97 Å². The second-order valence-corrected chi connectivity index (χ2v) is 3.29. The van der Waals surface area contributed by atoms with Gasteiger partial charge in [-0.3, -0.25) is 0 Å². The molecule has 0 heterocycles. The summed E-state index contributed by atoms with van der Waals surface area (Å²) in [6.45, 7) is 0. The van der Waals surface area contributed by atoms with Crippen LogP contribution in [0.3, 0.4) is 0 Å². The fourth-order valence-corrected chi connectivity index (χ4v) is 1.68. The van der Waals surface area contributed by atoms with Gasteiger partial charge in [0.2, 0.25) is 0 Å². The summed E-state index contributed by atoms with van der Waals surface area (Å²) in [6.07, 6.45) is 0.